The first-order valence-electron chi connectivity index (χ1n) is 11.6. The molecule has 2 amide bonds. The zero-order valence-corrected chi connectivity index (χ0v) is 19.9. The zero-order valence-electron chi connectivity index (χ0n) is 19.9. The Hall–Kier alpha value is -3.08. The molecule has 0 saturated carbocycles. The number of rotatable bonds is 8. The molecular formula is C25H31F2N5O3. The summed E-state index contributed by atoms with van der Waals surface area (Å²) in [5, 5.41) is 19.6. The first kappa shape index (κ1) is 25.0. The van der Waals surface area contributed by atoms with Gasteiger partial charge in [-0.25, -0.2) is 13.6 Å². The number of hydrogen-bond donors (Lipinski definition) is 3. The van der Waals surface area contributed by atoms with Crippen molar-refractivity contribution >= 4 is 11.8 Å². The highest BCUT2D eigenvalue weighted by molar-refractivity contribution is 5.89. The molecule has 0 bridgehead atoms. The summed E-state index contributed by atoms with van der Waals surface area (Å²) in [6.45, 7) is 2.45. The molecule has 4 rings (SSSR count). The Balaban J connectivity index is 1.43. The number of likely N-dealkylation sites (tertiary alicyclic amines) is 1. The summed E-state index contributed by atoms with van der Waals surface area (Å²) in [5.41, 5.74) is 2.36. The Bertz CT molecular complexity index is 1100. The Morgan fingerprint density at radius 2 is 2.03 bits per heavy atom. The van der Waals surface area contributed by atoms with Crippen LogP contribution in [0.1, 0.15) is 12.0 Å². The van der Waals surface area contributed by atoms with E-state index in [0.717, 1.165) is 11.1 Å². The summed E-state index contributed by atoms with van der Waals surface area (Å²) in [6, 6.07) is 8.52. The number of methoxy groups -OCH3 is 1. The number of aliphatic hydroxyl groups excluding tert-OH is 1. The number of benzene rings is 1. The summed E-state index contributed by atoms with van der Waals surface area (Å²) in [5.74, 6) is -1.33. The van der Waals surface area contributed by atoms with Crippen LogP contribution in [0.2, 0.25) is 0 Å². The summed E-state index contributed by atoms with van der Waals surface area (Å²) in [6.07, 6.45) is 2.87. The monoisotopic (exact) mass is 487 g/mol. The predicted octanol–water partition coefficient (Wildman–Crippen LogP) is 3.37. The van der Waals surface area contributed by atoms with Gasteiger partial charge in [0.05, 0.1) is 18.9 Å². The first-order valence-corrected chi connectivity index (χ1v) is 11.6. The molecule has 8 nitrogen and oxygen atoms in total. The molecule has 1 aromatic carbocycles. The largest absolute Gasteiger partial charge is 0.392 e. The molecule has 0 spiro atoms. The molecule has 188 valence electrons. The predicted molar refractivity (Wildman–Crippen MR) is 129 cm³/mol. The van der Waals surface area contributed by atoms with Crippen LogP contribution in [0.5, 0.6) is 0 Å². The summed E-state index contributed by atoms with van der Waals surface area (Å²) >= 11 is 0. The number of aromatic nitrogens is 2. The van der Waals surface area contributed by atoms with E-state index < -0.39 is 11.7 Å². The first-order chi connectivity index (χ1) is 16.9. The number of anilines is 1. The summed E-state index contributed by atoms with van der Waals surface area (Å²) < 4.78 is 34.3. The normalized spacial score (nSPS) is 22.6. The zero-order chi connectivity index (χ0) is 24.9. The number of hydrogen-bond acceptors (Lipinski definition) is 5. The third kappa shape index (κ3) is 5.95. The second-order valence-electron chi connectivity index (χ2n) is 8.99. The Labute approximate surface area is 203 Å². The van der Waals surface area contributed by atoms with E-state index in [1.807, 2.05) is 24.3 Å². The van der Waals surface area contributed by atoms with Crippen molar-refractivity contribution in [3.05, 3.63) is 59.7 Å². The molecule has 0 radical (unpaired) electrons. The number of urea groups is 1. The SMILES string of the molecule is COCCN1C[C@@H](NC(=O)Nc2cc(-c3ccc(CO)cc3)nn2C)[C@H](C2C=CC(F)=C(F)C2)C1. The van der Waals surface area contributed by atoms with Crippen LogP contribution in [-0.4, -0.2) is 65.2 Å². The van der Waals surface area contributed by atoms with Gasteiger partial charge in [-0.15, -0.1) is 0 Å². The van der Waals surface area contributed by atoms with E-state index in [-0.39, 0.29) is 36.9 Å². The highest BCUT2D eigenvalue weighted by Gasteiger charge is 2.39. The van der Waals surface area contributed by atoms with Gasteiger partial charge in [0.2, 0.25) is 0 Å². The fourth-order valence-corrected chi connectivity index (χ4v) is 4.69. The molecule has 1 aromatic heterocycles. The topological polar surface area (TPSA) is 91.7 Å². The highest BCUT2D eigenvalue weighted by Crippen LogP contribution is 2.35. The van der Waals surface area contributed by atoms with Gasteiger partial charge in [0.25, 0.3) is 0 Å². The fourth-order valence-electron chi connectivity index (χ4n) is 4.69. The van der Waals surface area contributed by atoms with Crippen molar-refractivity contribution in [1.82, 2.24) is 20.0 Å². The second kappa shape index (κ2) is 11.1. The number of halogens is 2. The van der Waals surface area contributed by atoms with E-state index in [2.05, 4.69) is 20.6 Å². The molecule has 1 unspecified atom stereocenters. The van der Waals surface area contributed by atoms with E-state index in [4.69, 9.17) is 4.74 Å². The van der Waals surface area contributed by atoms with Crippen LogP contribution in [0.3, 0.4) is 0 Å². The molecule has 2 aromatic rings. The van der Waals surface area contributed by atoms with Crippen LogP contribution >= 0.6 is 0 Å². The molecule has 2 aliphatic rings. The van der Waals surface area contributed by atoms with Gasteiger partial charge in [-0.3, -0.25) is 14.9 Å². The fraction of sp³-hybridized carbons (Fsp3) is 0.440. The van der Waals surface area contributed by atoms with Crippen LogP contribution in [-0.2, 0) is 18.4 Å². The molecule has 3 N–H and O–H groups in total. The molecule has 1 saturated heterocycles. The molecule has 3 atom stereocenters. The Morgan fingerprint density at radius 1 is 1.26 bits per heavy atom. The smallest absolute Gasteiger partial charge is 0.320 e. The third-order valence-corrected chi connectivity index (χ3v) is 6.64. The van der Waals surface area contributed by atoms with Gasteiger partial charge in [0, 0.05) is 57.9 Å². The number of aliphatic hydroxyl groups is 1. The van der Waals surface area contributed by atoms with Gasteiger partial charge >= 0.3 is 6.03 Å². The third-order valence-electron chi connectivity index (χ3n) is 6.64. The van der Waals surface area contributed by atoms with Crippen molar-refractivity contribution in [3.63, 3.8) is 0 Å². The van der Waals surface area contributed by atoms with E-state index in [1.165, 1.54) is 6.08 Å². The number of carbonyl (C=O) groups excluding carboxylic acids is 1. The molecule has 2 heterocycles. The minimum atomic E-state index is -0.823. The van der Waals surface area contributed by atoms with Crippen molar-refractivity contribution in [2.24, 2.45) is 18.9 Å². The van der Waals surface area contributed by atoms with Crippen molar-refractivity contribution < 1.29 is 23.4 Å². The van der Waals surface area contributed by atoms with E-state index in [9.17, 15) is 18.7 Å². The maximum Gasteiger partial charge on any atom is 0.320 e. The lowest BCUT2D eigenvalue weighted by molar-refractivity contribution is 0.157. The number of ether oxygens (including phenoxy) is 1. The van der Waals surface area contributed by atoms with E-state index in [1.54, 1.807) is 31.0 Å². The molecule has 35 heavy (non-hydrogen) atoms. The lowest BCUT2D eigenvalue weighted by Gasteiger charge is -2.27. The van der Waals surface area contributed by atoms with Gasteiger partial charge in [-0.1, -0.05) is 30.3 Å². The maximum atomic E-state index is 14.0. The van der Waals surface area contributed by atoms with Crippen molar-refractivity contribution in [2.45, 2.75) is 19.1 Å². The van der Waals surface area contributed by atoms with Gasteiger partial charge in [-0.2, -0.15) is 5.10 Å². The van der Waals surface area contributed by atoms with Crippen molar-refractivity contribution in [2.75, 3.05) is 38.7 Å². The Morgan fingerprint density at radius 3 is 2.71 bits per heavy atom. The van der Waals surface area contributed by atoms with Crippen molar-refractivity contribution in [1.29, 1.82) is 0 Å². The number of amides is 2. The number of allylic oxidation sites excluding steroid dienone is 4. The minimum Gasteiger partial charge on any atom is -0.392 e. The second-order valence-corrected chi connectivity index (χ2v) is 8.99. The van der Waals surface area contributed by atoms with Crippen LogP contribution in [0.15, 0.2) is 54.1 Å². The van der Waals surface area contributed by atoms with Crippen LogP contribution in [0.4, 0.5) is 19.4 Å². The average molecular weight is 488 g/mol. The molecular weight excluding hydrogens is 456 g/mol. The minimum absolute atomic E-state index is 0.00885. The van der Waals surface area contributed by atoms with E-state index in [0.29, 0.717) is 37.8 Å². The van der Waals surface area contributed by atoms with Gasteiger partial charge in [0.1, 0.15) is 11.6 Å². The molecule has 1 aliphatic carbocycles. The quantitative estimate of drug-likeness (QED) is 0.531. The molecule has 10 heteroatoms. The average Bonchev–Trinajstić information content (AvgIpc) is 3.42. The van der Waals surface area contributed by atoms with Gasteiger partial charge in [0.15, 0.2) is 5.83 Å². The van der Waals surface area contributed by atoms with Crippen LogP contribution < -0.4 is 10.6 Å². The number of aryl methyl sites for hydroxylation is 1. The lowest BCUT2D eigenvalue weighted by Crippen LogP contribution is -2.45. The van der Waals surface area contributed by atoms with E-state index >= 15 is 0 Å². The Kier molecular flexibility index (Phi) is 7.94. The number of nitrogens with zero attached hydrogens (tertiary/aromatic N) is 3. The lowest BCUT2D eigenvalue weighted by atomic mass is 9.83. The molecule has 1 aliphatic heterocycles. The van der Waals surface area contributed by atoms with Gasteiger partial charge in [-0.05, 0) is 23.5 Å². The summed E-state index contributed by atoms with van der Waals surface area (Å²) in [7, 11) is 3.37. The number of carbonyl (C=O) groups is 1. The molecule has 1 fully saturated rings. The van der Waals surface area contributed by atoms with Crippen LogP contribution in [0, 0.1) is 11.8 Å². The standard InChI is InChI=1S/C25H31F2N5O3/c1-31-24(12-22(30-31)17-5-3-16(15-33)4-6-17)29-25(34)28-23-14-32(9-10-35-2)13-19(23)18-7-8-20(26)21(27)11-18/h3-8,12,18-19,23,33H,9-11,13-15H2,1-2H3,(H2,28,29,34)/t18?,19-,23+/m0/s1. The van der Waals surface area contributed by atoms with Crippen molar-refractivity contribution in [3.8, 4) is 11.3 Å². The maximum absolute atomic E-state index is 14.0. The highest BCUT2D eigenvalue weighted by atomic mass is 19.2. The summed E-state index contributed by atoms with van der Waals surface area (Å²) in [4.78, 5) is 15.1. The van der Waals surface area contributed by atoms with Gasteiger partial charge < -0.3 is 15.2 Å². The van der Waals surface area contributed by atoms with Crippen LogP contribution in [0.25, 0.3) is 11.3 Å². The number of nitrogens with one attached hydrogen (secondary N) is 2.